The molecule has 1 aliphatic carbocycles. The number of aromatic amines is 1. The minimum atomic E-state index is 0.721. The summed E-state index contributed by atoms with van der Waals surface area (Å²) in [4.78, 5) is 0. The minimum Gasteiger partial charge on any atom is -0.388 e. The van der Waals surface area contributed by atoms with Gasteiger partial charge in [-0.2, -0.15) is 5.10 Å². The summed E-state index contributed by atoms with van der Waals surface area (Å²) >= 11 is 0. The molecule has 0 radical (unpaired) electrons. The molecule has 2 N–H and O–H groups in total. The highest BCUT2D eigenvalue weighted by Crippen LogP contribution is 2.30. The first-order valence-electron chi connectivity index (χ1n) is 4.91. The molecule has 1 aromatic rings. The van der Waals surface area contributed by atoms with Crippen molar-refractivity contribution in [1.82, 2.24) is 15.5 Å². The first-order chi connectivity index (χ1) is 6.43. The number of piperidine rings is 1. The largest absolute Gasteiger partial charge is 0.388 e. The van der Waals surface area contributed by atoms with E-state index in [9.17, 15) is 0 Å². The summed E-state index contributed by atoms with van der Waals surface area (Å²) < 4.78 is 0. The highest BCUT2D eigenvalue weighted by Gasteiger charge is 2.24. The van der Waals surface area contributed by atoms with Crippen molar-refractivity contribution in [3.63, 3.8) is 0 Å². The number of hydrogen-bond donors (Lipinski definition) is 2. The van der Waals surface area contributed by atoms with Crippen LogP contribution >= 0.6 is 0 Å². The maximum atomic E-state index is 4.06. The Balaban J connectivity index is 2.02. The van der Waals surface area contributed by atoms with Crippen LogP contribution < -0.4 is 5.32 Å². The van der Waals surface area contributed by atoms with Crippen molar-refractivity contribution in [3.05, 3.63) is 23.2 Å². The lowest BCUT2D eigenvalue weighted by Crippen LogP contribution is -2.30. The second kappa shape index (κ2) is 2.62. The van der Waals surface area contributed by atoms with Crippen LogP contribution in [0.2, 0.25) is 0 Å². The Labute approximate surface area is 77.2 Å². The van der Waals surface area contributed by atoms with Gasteiger partial charge in [-0.3, -0.25) is 5.10 Å². The van der Waals surface area contributed by atoms with Crippen molar-refractivity contribution in [1.29, 1.82) is 0 Å². The quantitative estimate of drug-likeness (QED) is 0.624. The molecule has 0 saturated carbocycles. The molecule has 1 unspecified atom stereocenters. The van der Waals surface area contributed by atoms with Gasteiger partial charge < -0.3 is 5.32 Å². The number of aromatic nitrogens is 2. The molecular formula is C10H13N3. The molecule has 0 aromatic carbocycles. The third-order valence-electron chi connectivity index (χ3n) is 3.02. The fourth-order valence-electron chi connectivity index (χ4n) is 2.29. The molecule has 1 atom stereocenters. The highest BCUT2D eigenvalue weighted by atomic mass is 15.1. The van der Waals surface area contributed by atoms with Gasteiger partial charge in [0, 0.05) is 18.2 Å². The van der Waals surface area contributed by atoms with E-state index in [-0.39, 0.29) is 0 Å². The molecule has 3 heteroatoms. The van der Waals surface area contributed by atoms with Crippen LogP contribution in [0.3, 0.4) is 0 Å². The third-order valence-corrected chi connectivity index (χ3v) is 3.02. The monoisotopic (exact) mass is 175 g/mol. The van der Waals surface area contributed by atoms with Crippen LogP contribution in [0.15, 0.2) is 11.9 Å². The Hall–Kier alpha value is -1.25. The van der Waals surface area contributed by atoms with E-state index in [4.69, 9.17) is 0 Å². The lowest BCUT2D eigenvalue weighted by atomic mass is 9.85. The lowest BCUT2D eigenvalue weighted by molar-refractivity contribution is 0.440. The SMILES string of the molecule is C1=C2NCCCC2Cc2cn[nH]c21. The molecule has 68 valence electrons. The fourth-order valence-corrected chi connectivity index (χ4v) is 2.29. The molecule has 13 heavy (non-hydrogen) atoms. The molecule has 1 aromatic heterocycles. The summed E-state index contributed by atoms with van der Waals surface area (Å²) in [5.74, 6) is 0.721. The van der Waals surface area contributed by atoms with E-state index in [0.717, 1.165) is 18.9 Å². The smallest absolute Gasteiger partial charge is 0.0627 e. The molecule has 3 nitrogen and oxygen atoms in total. The van der Waals surface area contributed by atoms with Gasteiger partial charge in [0.2, 0.25) is 0 Å². The van der Waals surface area contributed by atoms with Gasteiger partial charge in [0.05, 0.1) is 11.9 Å². The Morgan fingerprint density at radius 1 is 1.46 bits per heavy atom. The highest BCUT2D eigenvalue weighted by molar-refractivity contribution is 5.56. The average Bonchev–Trinajstić information content (AvgIpc) is 2.61. The van der Waals surface area contributed by atoms with Crippen LogP contribution in [-0.4, -0.2) is 16.7 Å². The second-order valence-electron chi connectivity index (χ2n) is 3.88. The summed E-state index contributed by atoms with van der Waals surface area (Å²) in [6, 6.07) is 0. The zero-order valence-corrected chi connectivity index (χ0v) is 7.51. The fraction of sp³-hybridized carbons (Fsp3) is 0.500. The van der Waals surface area contributed by atoms with Crippen LogP contribution in [0.4, 0.5) is 0 Å². The van der Waals surface area contributed by atoms with Crippen LogP contribution in [0.5, 0.6) is 0 Å². The van der Waals surface area contributed by atoms with Gasteiger partial charge >= 0.3 is 0 Å². The van der Waals surface area contributed by atoms with E-state index in [2.05, 4.69) is 21.6 Å². The predicted octanol–water partition coefficient (Wildman–Crippen LogP) is 1.31. The van der Waals surface area contributed by atoms with Gasteiger partial charge in [-0.05, 0) is 30.9 Å². The topological polar surface area (TPSA) is 40.7 Å². The predicted molar refractivity (Wildman–Crippen MR) is 51.0 cm³/mol. The molecule has 3 rings (SSSR count). The Morgan fingerprint density at radius 2 is 2.46 bits per heavy atom. The van der Waals surface area contributed by atoms with Gasteiger partial charge in [-0.25, -0.2) is 0 Å². The van der Waals surface area contributed by atoms with Crippen LogP contribution in [0.1, 0.15) is 24.1 Å². The summed E-state index contributed by atoms with van der Waals surface area (Å²) in [7, 11) is 0. The second-order valence-corrected chi connectivity index (χ2v) is 3.88. The Bertz CT molecular complexity index is 351. The minimum absolute atomic E-state index is 0.721. The van der Waals surface area contributed by atoms with E-state index in [1.807, 2.05) is 6.20 Å². The van der Waals surface area contributed by atoms with Gasteiger partial charge in [-0.15, -0.1) is 0 Å². The molecule has 0 amide bonds. The molecule has 2 aliphatic rings. The molecule has 0 spiro atoms. The maximum Gasteiger partial charge on any atom is 0.0627 e. The average molecular weight is 175 g/mol. The van der Waals surface area contributed by atoms with Crippen molar-refractivity contribution < 1.29 is 0 Å². The number of fused-ring (bicyclic) bond motifs is 2. The zero-order chi connectivity index (χ0) is 8.67. The van der Waals surface area contributed by atoms with E-state index >= 15 is 0 Å². The van der Waals surface area contributed by atoms with Crippen molar-refractivity contribution >= 4 is 6.08 Å². The molecule has 1 aliphatic heterocycles. The van der Waals surface area contributed by atoms with E-state index in [0.29, 0.717) is 0 Å². The Morgan fingerprint density at radius 3 is 3.46 bits per heavy atom. The van der Waals surface area contributed by atoms with Gasteiger partial charge in [0.25, 0.3) is 0 Å². The summed E-state index contributed by atoms with van der Waals surface area (Å²) in [5, 5.41) is 10.6. The van der Waals surface area contributed by atoms with E-state index < -0.39 is 0 Å². The van der Waals surface area contributed by atoms with E-state index in [1.165, 1.54) is 29.8 Å². The van der Waals surface area contributed by atoms with Crippen molar-refractivity contribution in [2.45, 2.75) is 19.3 Å². The molecule has 1 saturated heterocycles. The van der Waals surface area contributed by atoms with Crippen LogP contribution in [-0.2, 0) is 6.42 Å². The Kier molecular flexibility index (Phi) is 1.45. The summed E-state index contributed by atoms with van der Waals surface area (Å²) in [6.07, 6.45) is 7.95. The normalized spacial score (nSPS) is 25.5. The number of nitrogens with one attached hydrogen (secondary N) is 2. The van der Waals surface area contributed by atoms with Gasteiger partial charge in [0.15, 0.2) is 0 Å². The van der Waals surface area contributed by atoms with Gasteiger partial charge in [0.1, 0.15) is 0 Å². The number of allylic oxidation sites excluding steroid dienone is 1. The zero-order valence-electron chi connectivity index (χ0n) is 7.51. The standard InChI is InChI=1S/C10H13N3/c1-2-7-4-8-6-12-13-10(8)5-9(7)11-3-1/h5-7,11H,1-4H2,(H,12,13). The van der Waals surface area contributed by atoms with Crippen LogP contribution in [0.25, 0.3) is 6.08 Å². The number of hydrogen-bond acceptors (Lipinski definition) is 2. The molecule has 1 fully saturated rings. The number of nitrogens with zero attached hydrogens (tertiary/aromatic N) is 1. The molecule has 2 heterocycles. The third kappa shape index (κ3) is 1.07. The lowest BCUT2D eigenvalue weighted by Gasteiger charge is -2.29. The first-order valence-corrected chi connectivity index (χ1v) is 4.91. The van der Waals surface area contributed by atoms with Crippen molar-refractivity contribution in [2.24, 2.45) is 5.92 Å². The molecular weight excluding hydrogens is 162 g/mol. The number of rotatable bonds is 0. The van der Waals surface area contributed by atoms with Crippen LogP contribution in [0, 0.1) is 5.92 Å². The molecule has 0 bridgehead atoms. The summed E-state index contributed by atoms with van der Waals surface area (Å²) in [5.41, 5.74) is 3.97. The van der Waals surface area contributed by atoms with Gasteiger partial charge in [-0.1, -0.05) is 0 Å². The first kappa shape index (κ1) is 7.18. The number of H-pyrrole nitrogens is 1. The van der Waals surface area contributed by atoms with E-state index in [1.54, 1.807) is 0 Å². The maximum absolute atomic E-state index is 4.06. The van der Waals surface area contributed by atoms with Crippen molar-refractivity contribution in [2.75, 3.05) is 6.54 Å². The summed E-state index contributed by atoms with van der Waals surface area (Å²) in [6.45, 7) is 1.13. The van der Waals surface area contributed by atoms with Crippen molar-refractivity contribution in [3.8, 4) is 0 Å².